The molecule has 1 aliphatic heterocycles. The maximum Gasteiger partial charge on any atom is 0.414 e. The number of methoxy groups -OCH3 is 1. The van der Waals surface area contributed by atoms with E-state index >= 15 is 0 Å². The number of ether oxygens (including phenoxy) is 2. The molecule has 32 heavy (non-hydrogen) atoms. The number of amides is 2. The van der Waals surface area contributed by atoms with E-state index in [0.29, 0.717) is 34.9 Å². The molecule has 172 valence electrons. The summed E-state index contributed by atoms with van der Waals surface area (Å²) in [6, 6.07) is 10.3. The Hall–Kier alpha value is -3.27. The molecular weight excluding hydrogens is 434 g/mol. The Bertz CT molecular complexity index is 1150. The number of rotatable bonds is 5. The van der Waals surface area contributed by atoms with E-state index in [-0.39, 0.29) is 18.6 Å². The smallest absolute Gasteiger partial charge is 0.414 e. The maximum absolute atomic E-state index is 12.6. The number of carbonyl (C=O) groups is 2. The van der Waals surface area contributed by atoms with Crippen LogP contribution >= 0.6 is 0 Å². The standard InChI is InChI=1S/C22H27N3O6S/c1-6-31-22(27)24-13-14(2)25(15(3)26)19-9-7-17(12-20(19)24)16-8-10-21(30-4)18(11-16)23-32(5,28)29/h7-12,14,23H,6,13H2,1-5H3. The summed E-state index contributed by atoms with van der Waals surface area (Å²) in [5.41, 5.74) is 2.89. The number of nitrogens with one attached hydrogen (secondary N) is 1. The molecule has 3 rings (SSSR count). The second-order valence-electron chi connectivity index (χ2n) is 7.54. The molecule has 0 radical (unpaired) electrons. The first-order chi connectivity index (χ1) is 15.1. The predicted molar refractivity (Wildman–Crippen MR) is 124 cm³/mol. The van der Waals surface area contributed by atoms with Crippen molar-refractivity contribution < 1.29 is 27.5 Å². The van der Waals surface area contributed by atoms with Crippen molar-refractivity contribution in [1.82, 2.24) is 0 Å². The van der Waals surface area contributed by atoms with Gasteiger partial charge in [-0.3, -0.25) is 14.4 Å². The zero-order valence-corrected chi connectivity index (χ0v) is 19.5. The second-order valence-corrected chi connectivity index (χ2v) is 9.29. The van der Waals surface area contributed by atoms with Gasteiger partial charge in [-0.05, 0) is 49.2 Å². The molecule has 0 saturated heterocycles. The van der Waals surface area contributed by atoms with Gasteiger partial charge in [-0.1, -0.05) is 12.1 Å². The van der Waals surface area contributed by atoms with Gasteiger partial charge in [0.25, 0.3) is 0 Å². The Morgan fingerprint density at radius 1 is 1.12 bits per heavy atom. The van der Waals surface area contributed by atoms with Crippen molar-refractivity contribution >= 4 is 39.1 Å². The fourth-order valence-corrected chi connectivity index (χ4v) is 4.38. The molecule has 1 N–H and O–H groups in total. The third-order valence-corrected chi connectivity index (χ3v) is 5.66. The highest BCUT2D eigenvalue weighted by molar-refractivity contribution is 7.92. The van der Waals surface area contributed by atoms with E-state index in [1.807, 2.05) is 13.0 Å². The number of nitrogens with zero attached hydrogens (tertiary/aromatic N) is 2. The molecule has 2 amide bonds. The monoisotopic (exact) mass is 461 g/mol. The van der Waals surface area contributed by atoms with Crippen molar-refractivity contribution in [2.45, 2.75) is 26.8 Å². The predicted octanol–water partition coefficient (Wildman–Crippen LogP) is 3.45. The van der Waals surface area contributed by atoms with Crippen LogP contribution in [0.3, 0.4) is 0 Å². The normalized spacial score (nSPS) is 15.7. The van der Waals surface area contributed by atoms with Gasteiger partial charge in [0.15, 0.2) is 0 Å². The van der Waals surface area contributed by atoms with Crippen molar-refractivity contribution in [2.24, 2.45) is 0 Å². The van der Waals surface area contributed by atoms with Crippen LogP contribution in [0.25, 0.3) is 11.1 Å². The third-order valence-electron chi connectivity index (χ3n) is 5.07. The Morgan fingerprint density at radius 2 is 1.78 bits per heavy atom. The van der Waals surface area contributed by atoms with Crippen LogP contribution in [-0.4, -0.2) is 53.0 Å². The number of benzene rings is 2. The van der Waals surface area contributed by atoms with Gasteiger partial charge in [0.2, 0.25) is 15.9 Å². The first-order valence-corrected chi connectivity index (χ1v) is 12.0. The van der Waals surface area contributed by atoms with Crippen molar-refractivity contribution in [2.75, 3.05) is 41.0 Å². The van der Waals surface area contributed by atoms with E-state index in [0.717, 1.165) is 11.8 Å². The molecular formula is C22H27N3O6S. The summed E-state index contributed by atoms with van der Waals surface area (Å²) in [6.07, 6.45) is 0.572. The number of sulfonamides is 1. The summed E-state index contributed by atoms with van der Waals surface area (Å²) in [5.74, 6) is 0.251. The molecule has 2 aromatic carbocycles. The molecule has 1 heterocycles. The van der Waals surface area contributed by atoms with Gasteiger partial charge >= 0.3 is 6.09 Å². The van der Waals surface area contributed by atoms with E-state index in [2.05, 4.69) is 4.72 Å². The molecule has 9 nitrogen and oxygen atoms in total. The first kappa shape index (κ1) is 23.4. The molecule has 0 aliphatic carbocycles. The van der Waals surface area contributed by atoms with Gasteiger partial charge < -0.3 is 14.4 Å². The number of hydrogen-bond donors (Lipinski definition) is 1. The lowest BCUT2D eigenvalue weighted by molar-refractivity contribution is -0.117. The van der Waals surface area contributed by atoms with Crippen LogP contribution in [0.5, 0.6) is 5.75 Å². The van der Waals surface area contributed by atoms with Gasteiger partial charge in [-0.2, -0.15) is 0 Å². The summed E-state index contributed by atoms with van der Waals surface area (Å²) >= 11 is 0. The molecule has 0 bridgehead atoms. The lowest BCUT2D eigenvalue weighted by Crippen LogP contribution is -2.51. The van der Waals surface area contributed by atoms with Crippen LogP contribution in [0.1, 0.15) is 20.8 Å². The van der Waals surface area contributed by atoms with Gasteiger partial charge in [0.05, 0.1) is 43.1 Å². The van der Waals surface area contributed by atoms with Crippen LogP contribution in [0.2, 0.25) is 0 Å². The Kier molecular flexibility index (Phi) is 6.63. The summed E-state index contributed by atoms with van der Waals surface area (Å²) in [7, 11) is -2.06. The number of hydrogen-bond acceptors (Lipinski definition) is 6. The van der Waals surface area contributed by atoms with Crippen LogP contribution in [0.4, 0.5) is 21.9 Å². The minimum absolute atomic E-state index is 0.126. The van der Waals surface area contributed by atoms with E-state index in [1.165, 1.54) is 18.9 Å². The summed E-state index contributed by atoms with van der Waals surface area (Å²) in [5, 5.41) is 0. The third kappa shape index (κ3) is 4.80. The highest BCUT2D eigenvalue weighted by Gasteiger charge is 2.34. The van der Waals surface area contributed by atoms with E-state index in [1.54, 1.807) is 42.2 Å². The summed E-state index contributed by atoms with van der Waals surface area (Å²) < 4.78 is 36.4. The number of anilines is 3. The lowest BCUT2D eigenvalue weighted by atomic mass is 10.00. The molecule has 0 fully saturated rings. The minimum atomic E-state index is -3.52. The average Bonchev–Trinajstić information content (AvgIpc) is 2.71. The topological polar surface area (TPSA) is 105 Å². The molecule has 0 aromatic heterocycles. The SMILES string of the molecule is CCOC(=O)N1CC(C)N(C(C)=O)c2ccc(-c3ccc(OC)c(NS(C)(=O)=O)c3)cc21. The second kappa shape index (κ2) is 9.07. The highest BCUT2D eigenvalue weighted by Crippen LogP contribution is 2.40. The maximum atomic E-state index is 12.6. The van der Waals surface area contributed by atoms with Gasteiger partial charge in [-0.15, -0.1) is 0 Å². The van der Waals surface area contributed by atoms with Crippen molar-refractivity contribution in [3.8, 4) is 16.9 Å². The zero-order chi connectivity index (χ0) is 23.6. The van der Waals surface area contributed by atoms with Crippen LogP contribution in [0.15, 0.2) is 36.4 Å². The van der Waals surface area contributed by atoms with Crippen LogP contribution in [0, 0.1) is 0 Å². The summed E-state index contributed by atoms with van der Waals surface area (Å²) in [4.78, 5) is 28.1. The molecule has 1 aliphatic rings. The Morgan fingerprint density at radius 3 is 2.38 bits per heavy atom. The zero-order valence-electron chi connectivity index (χ0n) is 18.7. The van der Waals surface area contributed by atoms with Gasteiger partial charge in [0.1, 0.15) is 5.75 Å². The van der Waals surface area contributed by atoms with E-state index in [9.17, 15) is 18.0 Å². The molecule has 1 unspecified atom stereocenters. The molecule has 0 saturated carbocycles. The van der Waals surface area contributed by atoms with Crippen molar-refractivity contribution in [3.05, 3.63) is 36.4 Å². The minimum Gasteiger partial charge on any atom is -0.495 e. The fraction of sp³-hybridized carbons (Fsp3) is 0.364. The average molecular weight is 462 g/mol. The molecule has 2 aromatic rings. The van der Waals surface area contributed by atoms with Crippen molar-refractivity contribution in [1.29, 1.82) is 0 Å². The number of carbonyl (C=O) groups excluding carboxylic acids is 2. The lowest BCUT2D eigenvalue weighted by Gasteiger charge is -2.40. The van der Waals surface area contributed by atoms with E-state index < -0.39 is 16.1 Å². The quantitative estimate of drug-likeness (QED) is 0.731. The highest BCUT2D eigenvalue weighted by atomic mass is 32.2. The number of fused-ring (bicyclic) bond motifs is 1. The largest absolute Gasteiger partial charge is 0.495 e. The van der Waals surface area contributed by atoms with Gasteiger partial charge in [0, 0.05) is 13.5 Å². The summed E-state index contributed by atoms with van der Waals surface area (Å²) in [6.45, 7) is 5.61. The Balaban J connectivity index is 2.13. The molecule has 1 atom stereocenters. The Labute approximate surface area is 188 Å². The molecule has 10 heteroatoms. The van der Waals surface area contributed by atoms with Crippen LogP contribution in [-0.2, 0) is 19.6 Å². The van der Waals surface area contributed by atoms with Crippen LogP contribution < -0.4 is 19.3 Å². The van der Waals surface area contributed by atoms with Crippen molar-refractivity contribution in [3.63, 3.8) is 0 Å². The molecule has 0 spiro atoms. The van der Waals surface area contributed by atoms with E-state index in [4.69, 9.17) is 9.47 Å². The fourth-order valence-electron chi connectivity index (χ4n) is 3.83. The first-order valence-electron chi connectivity index (χ1n) is 10.1. The van der Waals surface area contributed by atoms with Gasteiger partial charge in [-0.25, -0.2) is 13.2 Å².